The van der Waals surface area contributed by atoms with Crippen molar-refractivity contribution in [2.24, 2.45) is 0 Å². The SMILES string of the molecule is O=CCCc1cc(C(O)C(=O)O)ccc1F. The van der Waals surface area contributed by atoms with E-state index in [-0.39, 0.29) is 24.0 Å². The van der Waals surface area contributed by atoms with Gasteiger partial charge in [-0.3, -0.25) is 0 Å². The number of aryl methyl sites for hydroxylation is 1. The zero-order valence-corrected chi connectivity index (χ0v) is 8.39. The van der Waals surface area contributed by atoms with Crippen molar-refractivity contribution in [3.05, 3.63) is 35.1 Å². The van der Waals surface area contributed by atoms with Crippen LogP contribution in [0.2, 0.25) is 0 Å². The van der Waals surface area contributed by atoms with Crippen molar-refractivity contribution in [3.8, 4) is 0 Å². The average Bonchev–Trinajstić information content (AvgIpc) is 2.27. The molecule has 0 heterocycles. The number of aldehydes is 1. The van der Waals surface area contributed by atoms with Gasteiger partial charge in [-0.15, -0.1) is 0 Å². The highest BCUT2D eigenvalue weighted by molar-refractivity contribution is 5.74. The van der Waals surface area contributed by atoms with Crippen LogP contribution >= 0.6 is 0 Å². The van der Waals surface area contributed by atoms with Gasteiger partial charge in [-0.25, -0.2) is 9.18 Å². The number of carbonyl (C=O) groups excluding carboxylic acids is 1. The van der Waals surface area contributed by atoms with E-state index in [0.717, 1.165) is 6.07 Å². The Morgan fingerprint density at radius 2 is 2.19 bits per heavy atom. The number of aliphatic hydroxyl groups is 1. The van der Waals surface area contributed by atoms with Crippen LogP contribution in [0.1, 0.15) is 23.7 Å². The maximum atomic E-state index is 13.2. The molecule has 0 saturated carbocycles. The van der Waals surface area contributed by atoms with Gasteiger partial charge < -0.3 is 15.0 Å². The Balaban J connectivity index is 2.97. The fraction of sp³-hybridized carbons (Fsp3) is 0.273. The smallest absolute Gasteiger partial charge is 0.337 e. The van der Waals surface area contributed by atoms with E-state index in [1.807, 2.05) is 0 Å². The predicted molar refractivity (Wildman–Crippen MR) is 53.4 cm³/mol. The zero-order chi connectivity index (χ0) is 12.1. The van der Waals surface area contributed by atoms with Crippen molar-refractivity contribution in [1.82, 2.24) is 0 Å². The Bertz CT molecular complexity index is 403. The second-order valence-electron chi connectivity index (χ2n) is 3.30. The molecular weight excluding hydrogens is 215 g/mol. The van der Waals surface area contributed by atoms with Crippen LogP contribution in [0.25, 0.3) is 0 Å². The van der Waals surface area contributed by atoms with Crippen molar-refractivity contribution in [1.29, 1.82) is 0 Å². The molecule has 1 aromatic rings. The third-order valence-corrected chi connectivity index (χ3v) is 2.15. The molecule has 86 valence electrons. The number of carboxylic acids is 1. The first-order valence-corrected chi connectivity index (χ1v) is 4.69. The van der Waals surface area contributed by atoms with Gasteiger partial charge in [0.2, 0.25) is 0 Å². The van der Waals surface area contributed by atoms with Crippen LogP contribution in [0.5, 0.6) is 0 Å². The van der Waals surface area contributed by atoms with Gasteiger partial charge in [0.25, 0.3) is 0 Å². The fourth-order valence-electron chi connectivity index (χ4n) is 1.31. The molecule has 0 aliphatic rings. The Hall–Kier alpha value is -1.75. The summed E-state index contributed by atoms with van der Waals surface area (Å²) in [4.78, 5) is 20.7. The molecule has 0 aromatic heterocycles. The molecule has 0 bridgehead atoms. The summed E-state index contributed by atoms with van der Waals surface area (Å²) in [5.41, 5.74) is 0.333. The number of benzene rings is 1. The highest BCUT2D eigenvalue weighted by Gasteiger charge is 2.17. The number of aliphatic hydroxyl groups excluding tert-OH is 1. The molecule has 0 saturated heterocycles. The molecule has 0 aliphatic carbocycles. The van der Waals surface area contributed by atoms with Crippen LogP contribution in [0.15, 0.2) is 18.2 Å². The van der Waals surface area contributed by atoms with Crippen molar-refractivity contribution < 1.29 is 24.2 Å². The van der Waals surface area contributed by atoms with Gasteiger partial charge in [0.15, 0.2) is 6.10 Å². The summed E-state index contributed by atoms with van der Waals surface area (Å²) in [5, 5.41) is 17.8. The monoisotopic (exact) mass is 226 g/mol. The normalized spacial score (nSPS) is 12.1. The Morgan fingerprint density at radius 3 is 2.75 bits per heavy atom. The number of rotatable bonds is 5. The average molecular weight is 226 g/mol. The van der Waals surface area contributed by atoms with Gasteiger partial charge >= 0.3 is 5.97 Å². The Kier molecular flexibility index (Phi) is 4.13. The van der Waals surface area contributed by atoms with Gasteiger partial charge in [-0.2, -0.15) is 0 Å². The summed E-state index contributed by atoms with van der Waals surface area (Å²) in [7, 11) is 0. The van der Waals surface area contributed by atoms with Gasteiger partial charge in [0.1, 0.15) is 12.1 Å². The first-order chi connectivity index (χ1) is 7.56. The van der Waals surface area contributed by atoms with Crippen LogP contribution in [-0.2, 0) is 16.0 Å². The predicted octanol–water partition coefficient (Wildman–Crippen LogP) is 1.08. The van der Waals surface area contributed by atoms with Crippen molar-refractivity contribution in [2.75, 3.05) is 0 Å². The molecule has 1 unspecified atom stereocenters. The van der Waals surface area contributed by atoms with Crippen LogP contribution in [-0.4, -0.2) is 22.5 Å². The second kappa shape index (κ2) is 5.37. The molecule has 16 heavy (non-hydrogen) atoms. The summed E-state index contributed by atoms with van der Waals surface area (Å²) in [5.74, 6) is -1.91. The van der Waals surface area contributed by atoms with Crippen molar-refractivity contribution in [2.45, 2.75) is 18.9 Å². The van der Waals surface area contributed by atoms with Crippen LogP contribution < -0.4 is 0 Å². The number of carboxylic acid groups (broad SMARTS) is 1. The summed E-state index contributed by atoms with van der Waals surface area (Å²) in [6.07, 6.45) is -0.672. The van der Waals surface area contributed by atoms with E-state index >= 15 is 0 Å². The van der Waals surface area contributed by atoms with E-state index in [2.05, 4.69) is 0 Å². The first kappa shape index (κ1) is 12.3. The highest BCUT2D eigenvalue weighted by Crippen LogP contribution is 2.18. The quantitative estimate of drug-likeness (QED) is 0.736. The van der Waals surface area contributed by atoms with Gasteiger partial charge in [-0.05, 0) is 29.7 Å². The molecule has 0 radical (unpaired) electrons. The minimum absolute atomic E-state index is 0.106. The number of aliphatic carboxylic acids is 1. The summed E-state index contributed by atoms with van der Waals surface area (Å²) >= 11 is 0. The standard InChI is InChI=1S/C11H11FO4/c12-9-4-3-8(10(14)11(15)16)6-7(9)2-1-5-13/h3-6,10,14H,1-2H2,(H,15,16). The third kappa shape index (κ3) is 2.87. The maximum absolute atomic E-state index is 13.2. The molecule has 0 spiro atoms. The number of halogens is 1. The fourth-order valence-corrected chi connectivity index (χ4v) is 1.31. The van der Waals surface area contributed by atoms with E-state index in [4.69, 9.17) is 5.11 Å². The molecule has 4 nitrogen and oxygen atoms in total. The van der Waals surface area contributed by atoms with Crippen molar-refractivity contribution in [3.63, 3.8) is 0 Å². The van der Waals surface area contributed by atoms with Crippen LogP contribution in [0.4, 0.5) is 4.39 Å². The first-order valence-electron chi connectivity index (χ1n) is 4.69. The lowest BCUT2D eigenvalue weighted by molar-refractivity contribution is -0.146. The van der Waals surface area contributed by atoms with E-state index < -0.39 is 17.9 Å². The Labute approximate surface area is 91.3 Å². The molecule has 0 fully saturated rings. The second-order valence-corrected chi connectivity index (χ2v) is 3.30. The molecule has 1 atom stereocenters. The zero-order valence-electron chi connectivity index (χ0n) is 8.39. The molecule has 5 heteroatoms. The maximum Gasteiger partial charge on any atom is 0.337 e. The van der Waals surface area contributed by atoms with E-state index in [0.29, 0.717) is 6.29 Å². The number of hydrogen-bond donors (Lipinski definition) is 2. The van der Waals surface area contributed by atoms with E-state index in [9.17, 15) is 19.1 Å². The third-order valence-electron chi connectivity index (χ3n) is 2.15. The van der Waals surface area contributed by atoms with E-state index in [1.54, 1.807) is 0 Å². The summed E-state index contributed by atoms with van der Waals surface area (Å²) < 4.78 is 13.2. The Morgan fingerprint density at radius 1 is 1.50 bits per heavy atom. The van der Waals surface area contributed by atoms with Gasteiger partial charge in [0, 0.05) is 6.42 Å². The van der Waals surface area contributed by atoms with Gasteiger partial charge in [-0.1, -0.05) is 6.07 Å². The molecule has 2 N–H and O–H groups in total. The number of hydrogen-bond acceptors (Lipinski definition) is 3. The minimum atomic E-state index is -1.67. The molecule has 0 amide bonds. The van der Waals surface area contributed by atoms with Crippen LogP contribution in [0.3, 0.4) is 0 Å². The lowest BCUT2D eigenvalue weighted by Gasteiger charge is -2.08. The lowest BCUT2D eigenvalue weighted by atomic mass is 10.0. The minimum Gasteiger partial charge on any atom is -0.479 e. The lowest BCUT2D eigenvalue weighted by Crippen LogP contribution is -2.11. The topological polar surface area (TPSA) is 74.6 Å². The largest absolute Gasteiger partial charge is 0.479 e. The molecule has 0 aliphatic heterocycles. The van der Waals surface area contributed by atoms with Crippen LogP contribution in [0, 0.1) is 5.82 Å². The number of carbonyl (C=O) groups is 2. The van der Waals surface area contributed by atoms with E-state index in [1.165, 1.54) is 12.1 Å². The highest BCUT2D eigenvalue weighted by atomic mass is 19.1. The molecular formula is C11H11FO4. The van der Waals surface area contributed by atoms with Gasteiger partial charge in [0.05, 0.1) is 0 Å². The van der Waals surface area contributed by atoms with Crippen molar-refractivity contribution >= 4 is 12.3 Å². The molecule has 1 aromatic carbocycles. The summed E-state index contributed by atoms with van der Waals surface area (Å²) in [6.45, 7) is 0. The summed E-state index contributed by atoms with van der Waals surface area (Å²) in [6, 6.07) is 3.55. The molecule has 1 rings (SSSR count).